The lowest BCUT2D eigenvalue weighted by Crippen LogP contribution is -2.32. The zero-order valence-corrected chi connectivity index (χ0v) is 9.93. The summed E-state index contributed by atoms with van der Waals surface area (Å²) >= 11 is 0. The Bertz CT molecular complexity index is 140. The molecule has 2 saturated carbocycles. The average Bonchev–Trinajstić information content (AvgIpc) is 2.88. The van der Waals surface area contributed by atoms with E-state index in [-0.39, 0.29) is 0 Å². The van der Waals surface area contributed by atoms with Crippen molar-refractivity contribution in [2.75, 3.05) is 13.1 Å². The van der Waals surface area contributed by atoms with Gasteiger partial charge in [0.15, 0.2) is 0 Å². The summed E-state index contributed by atoms with van der Waals surface area (Å²) < 4.78 is 0. The quantitative estimate of drug-likeness (QED) is 0.658. The van der Waals surface area contributed by atoms with Gasteiger partial charge >= 0.3 is 0 Å². The maximum absolute atomic E-state index is 3.67. The summed E-state index contributed by atoms with van der Waals surface area (Å²) in [6, 6.07) is 1.69. The van der Waals surface area contributed by atoms with Gasteiger partial charge in [-0.3, -0.25) is 0 Å². The Morgan fingerprint density at radius 2 is 1.07 bits per heavy atom. The molecule has 2 heteroatoms. The van der Waals surface area contributed by atoms with E-state index in [4.69, 9.17) is 0 Å². The second kappa shape index (κ2) is 6.49. The SMILES string of the molecule is C(CNC1CCCC1)CNC1CCCC1. The van der Waals surface area contributed by atoms with Gasteiger partial charge in [0.05, 0.1) is 0 Å². The monoisotopic (exact) mass is 210 g/mol. The molecule has 0 aromatic heterocycles. The Balaban J connectivity index is 1.41. The molecule has 0 heterocycles. The van der Waals surface area contributed by atoms with Crippen LogP contribution in [0.4, 0.5) is 0 Å². The van der Waals surface area contributed by atoms with E-state index in [1.807, 2.05) is 0 Å². The van der Waals surface area contributed by atoms with E-state index in [1.165, 1.54) is 70.9 Å². The van der Waals surface area contributed by atoms with Gasteiger partial charge in [-0.25, -0.2) is 0 Å². The summed E-state index contributed by atoms with van der Waals surface area (Å²) in [6.45, 7) is 2.43. The van der Waals surface area contributed by atoms with Gasteiger partial charge in [0.25, 0.3) is 0 Å². The van der Waals surface area contributed by atoms with E-state index in [0.29, 0.717) is 0 Å². The molecule has 2 aliphatic carbocycles. The first kappa shape index (κ1) is 11.4. The lowest BCUT2D eigenvalue weighted by molar-refractivity contribution is 0.475. The largest absolute Gasteiger partial charge is 0.314 e. The normalized spacial score (nSPS) is 24.0. The second-order valence-electron chi connectivity index (χ2n) is 5.22. The highest BCUT2D eigenvalue weighted by Crippen LogP contribution is 2.18. The summed E-state index contributed by atoms with van der Waals surface area (Å²) in [6.07, 6.45) is 12.7. The molecular weight excluding hydrogens is 184 g/mol. The zero-order chi connectivity index (χ0) is 10.3. The number of hydrogen-bond acceptors (Lipinski definition) is 2. The highest BCUT2D eigenvalue weighted by molar-refractivity contribution is 4.75. The molecule has 88 valence electrons. The maximum atomic E-state index is 3.67. The van der Waals surface area contributed by atoms with Crippen molar-refractivity contribution in [3.8, 4) is 0 Å². The van der Waals surface area contributed by atoms with Gasteiger partial charge in [0.1, 0.15) is 0 Å². The topological polar surface area (TPSA) is 24.1 Å². The fraction of sp³-hybridized carbons (Fsp3) is 1.00. The van der Waals surface area contributed by atoms with Gasteiger partial charge < -0.3 is 10.6 Å². The van der Waals surface area contributed by atoms with Crippen LogP contribution in [0.1, 0.15) is 57.8 Å². The molecule has 0 amide bonds. The Kier molecular flexibility index (Phi) is 4.94. The molecule has 0 spiro atoms. The molecule has 0 aromatic rings. The highest BCUT2D eigenvalue weighted by Gasteiger charge is 2.14. The fourth-order valence-corrected chi connectivity index (χ4v) is 2.96. The molecule has 2 nitrogen and oxygen atoms in total. The molecule has 2 N–H and O–H groups in total. The van der Waals surface area contributed by atoms with Gasteiger partial charge in [-0.2, -0.15) is 0 Å². The van der Waals surface area contributed by atoms with E-state index in [9.17, 15) is 0 Å². The molecule has 0 saturated heterocycles. The highest BCUT2D eigenvalue weighted by atomic mass is 14.9. The van der Waals surface area contributed by atoms with Crippen molar-refractivity contribution in [1.29, 1.82) is 0 Å². The van der Waals surface area contributed by atoms with Gasteiger partial charge in [-0.15, -0.1) is 0 Å². The first-order chi connectivity index (χ1) is 7.45. The van der Waals surface area contributed by atoms with Crippen LogP contribution in [0.25, 0.3) is 0 Å². The van der Waals surface area contributed by atoms with Crippen LogP contribution in [-0.2, 0) is 0 Å². The lowest BCUT2D eigenvalue weighted by Gasteiger charge is -2.14. The van der Waals surface area contributed by atoms with Gasteiger partial charge in [0.2, 0.25) is 0 Å². The predicted octanol–water partition coefficient (Wildman–Crippen LogP) is 2.44. The Labute approximate surface area is 94.2 Å². The summed E-state index contributed by atoms with van der Waals surface area (Å²) in [7, 11) is 0. The van der Waals surface area contributed by atoms with E-state index in [0.717, 1.165) is 12.1 Å². The molecule has 2 fully saturated rings. The number of rotatable bonds is 6. The fourth-order valence-electron chi connectivity index (χ4n) is 2.96. The number of hydrogen-bond donors (Lipinski definition) is 2. The average molecular weight is 210 g/mol. The van der Waals surface area contributed by atoms with Crippen molar-refractivity contribution in [2.24, 2.45) is 0 Å². The molecule has 2 rings (SSSR count). The first-order valence-electron chi connectivity index (χ1n) is 6.92. The third-order valence-electron chi connectivity index (χ3n) is 3.93. The van der Waals surface area contributed by atoms with Crippen LogP contribution < -0.4 is 10.6 Å². The third kappa shape index (κ3) is 4.12. The van der Waals surface area contributed by atoms with Crippen LogP contribution in [0.2, 0.25) is 0 Å². The van der Waals surface area contributed by atoms with Crippen molar-refractivity contribution >= 4 is 0 Å². The molecule has 0 atom stereocenters. The zero-order valence-electron chi connectivity index (χ0n) is 9.93. The Hall–Kier alpha value is -0.0800. The standard InChI is InChI=1S/C13H26N2/c1-2-7-12(6-1)14-10-5-11-15-13-8-3-4-9-13/h12-15H,1-11H2. The lowest BCUT2D eigenvalue weighted by atomic mass is 10.2. The molecule has 15 heavy (non-hydrogen) atoms. The molecule has 0 aromatic carbocycles. The van der Waals surface area contributed by atoms with Crippen molar-refractivity contribution in [3.05, 3.63) is 0 Å². The van der Waals surface area contributed by atoms with Crippen LogP contribution in [0.5, 0.6) is 0 Å². The van der Waals surface area contributed by atoms with E-state index in [2.05, 4.69) is 10.6 Å². The van der Waals surface area contributed by atoms with Crippen molar-refractivity contribution in [3.63, 3.8) is 0 Å². The summed E-state index contributed by atoms with van der Waals surface area (Å²) in [5.74, 6) is 0. The summed E-state index contributed by atoms with van der Waals surface area (Å²) in [5, 5.41) is 7.33. The first-order valence-corrected chi connectivity index (χ1v) is 6.92. The van der Waals surface area contributed by atoms with Crippen LogP contribution >= 0.6 is 0 Å². The predicted molar refractivity (Wildman–Crippen MR) is 65.1 cm³/mol. The summed E-state index contributed by atoms with van der Waals surface area (Å²) in [4.78, 5) is 0. The second-order valence-corrected chi connectivity index (χ2v) is 5.22. The molecule has 0 radical (unpaired) electrons. The van der Waals surface area contributed by atoms with Crippen molar-refractivity contribution in [2.45, 2.75) is 69.9 Å². The minimum Gasteiger partial charge on any atom is -0.314 e. The Morgan fingerprint density at radius 3 is 1.47 bits per heavy atom. The minimum absolute atomic E-state index is 0.844. The minimum atomic E-state index is 0.844. The van der Waals surface area contributed by atoms with E-state index >= 15 is 0 Å². The van der Waals surface area contributed by atoms with Gasteiger partial charge in [-0.1, -0.05) is 25.7 Å². The molecule has 0 unspecified atom stereocenters. The third-order valence-corrected chi connectivity index (χ3v) is 3.93. The van der Waals surface area contributed by atoms with Crippen LogP contribution in [0, 0.1) is 0 Å². The maximum Gasteiger partial charge on any atom is 0.00670 e. The molecular formula is C13H26N2. The molecule has 0 aliphatic heterocycles. The summed E-state index contributed by atoms with van der Waals surface area (Å²) in [5.41, 5.74) is 0. The van der Waals surface area contributed by atoms with Gasteiger partial charge in [-0.05, 0) is 45.2 Å². The molecule has 0 bridgehead atoms. The molecule has 2 aliphatic rings. The van der Waals surface area contributed by atoms with Crippen LogP contribution in [0.15, 0.2) is 0 Å². The van der Waals surface area contributed by atoms with Crippen LogP contribution in [0.3, 0.4) is 0 Å². The van der Waals surface area contributed by atoms with Crippen molar-refractivity contribution in [1.82, 2.24) is 10.6 Å². The number of nitrogens with one attached hydrogen (secondary N) is 2. The van der Waals surface area contributed by atoms with Crippen molar-refractivity contribution < 1.29 is 0 Å². The van der Waals surface area contributed by atoms with Gasteiger partial charge in [0, 0.05) is 12.1 Å². The van der Waals surface area contributed by atoms with Crippen LogP contribution in [-0.4, -0.2) is 25.2 Å². The smallest absolute Gasteiger partial charge is 0.00670 e. The van der Waals surface area contributed by atoms with E-state index in [1.54, 1.807) is 0 Å². The Morgan fingerprint density at radius 1 is 0.667 bits per heavy atom. The van der Waals surface area contributed by atoms with E-state index < -0.39 is 0 Å².